The Labute approximate surface area is 203 Å². The molecule has 0 aliphatic heterocycles. The first kappa shape index (κ1) is 18.9. The number of H-pyrrole nitrogens is 1. The monoisotopic (exact) mass is 502 g/mol. The Hall–Kier alpha value is -2.52. The lowest BCUT2D eigenvalue weighted by Crippen LogP contribution is -2.21. The molecule has 0 amide bonds. The van der Waals surface area contributed by atoms with E-state index in [2.05, 4.69) is 9.97 Å². The molecule has 0 fully saturated rings. The number of nitrogens with zero attached hydrogens (tertiary/aromatic N) is 1. The van der Waals surface area contributed by atoms with E-state index in [0.29, 0.717) is 27.9 Å². The minimum absolute atomic E-state index is 0.0784. The number of anilines is 1. The minimum Gasteiger partial charge on any atom is -0.343 e. The molecular weight excluding hydrogens is 472 g/mol. The Kier molecular flexibility index (Phi) is 5.16. The molecule has 3 rings (SSSR count). The van der Waals surface area contributed by atoms with Gasteiger partial charge in [0.05, 0.1) is 22.5 Å². The number of aryl methyl sites for hydroxylation is 3. The maximum Gasteiger partial charge on any atom is 0.232 e. The van der Waals surface area contributed by atoms with Gasteiger partial charge in [-0.1, -0.05) is 6.85 Å². The average molecular weight is 503 g/mol. The number of ketones is 1. The van der Waals surface area contributed by atoms with Crippen molar-refractivity contribution in [1.82, 2.24) is 9.97 Å². The summed E-state index contributed by atoms with van der Waals surface area (Å²) in [6.07, 6.45) is -1.38. The highest BCUT2D eigenvalue weighted by Crippen LogP contribution is 2.35. The number of sulfonamides is 1. The van der Waals surface area contributed by atoms with Crippen molar-refractivity contribution in [3.8, 4) is 0 Å². The summed E-state index contributed by atoms with van der Waals surface area (Å²) in [5.41, 5.74) is -3.43. The molecule has 0 atom stereocenters. The number of pyridine rings is 1. The average Bonchev–Trinajstić information content (AvgIpc) is 3.09. The van der Waals surface area contributed by atoms with Crippen LogP contribution in [0.3, 0.4) is 0 Å². The van der Waals surface area contributed by atoms with Gasteiger partial charge < -0.3 is 4.98 Å². The van der Waals surface area contributed by atoms with E-state index in [1.54, 1.807) is 18.6 Å². The molecule has 178 valence electrons. The first-order valence-corrected chi connectivity index (χ1v) is 11.9. The second-order valence-electron chi connectivity index (χ2n) is 7.67. The van der Waals surface area contributed by atoms with Gasteiger partial charge in [-0.3, -0.25) is 9.52 Å². The molecule has 10 heteroatoms. The maximum atomic E-state index is 15.8. The van der Waals surface area contributed by atoms with Crippen LogP contribution in [0.5, 0.6) is 0 Å². The lowest BCUT2D eigenvalue weighted by atomic mass is 9.93. The molecule has 0 saturated carbocycles. The highest BCUT2D eigenvalue weighted by atomic mass is 35.5. The van der Waals surface area contributed by atoms with Gasteiger partial charge in [-0.2, -0.15) is 0 Å². The molecule has 2 aromatic heterocycles. The van der Waals surface area contributed by atoms with Crippen LogP contribution in [0.1, 0.15) is 69.7 Å². The summed E-state index contributed by atoms with van der Waals surface area (Å²) in [6.45, 7) is 4.39. The number of halogens is 3. The Bertz CT molecular complexity index is 1590. The first-order chi connectivity index (χ1) is 17.3. The highest BCUT2D eigenvalue weighted by molar-refractivity contribution is 7.92. The van der Waals surface area contributed by atoms with Crippen LogP contribution in [-0.2, 0) is 15.9 Å². The number of carbonyl (C=O) groups is 1. The van der Waals surface area contributed by atoms with Gasteiger partial charge in [0.25, 0.3) is 0 Å². The molecule has 0 unspecified atom stereocenters. The van der Waals surface area contributed by atoms with E-state index in [-0.39, 0.29) is 28.3 Å². The van der Waals surface area contributed by atoms with Crippen LogP contribution < -0.4 is 4.72 Å². The number of hydrogen-bond acceptors (Lipinski definition) is 4. The number of nitrogens with one attached hydrogen (secondary N) is 2. The SMILES string of the molecule is [2H]C([2H])([2H])CC([2H])([2H])S(=O)(=O)Nc1c(C)c(C)c(F)c(C(=O)c2c(C)[nH]c3nc(C)c(CCl)c(C)c23)c1F. The fourth-order valence-electron chi connectivity index (χ4n) is 3.83. The minimum atomic E-state index is -5.16. The second-order valence-corrected chi connectivity index (χ2v) is 9.43. The van der Waals surface area contributed by atoms with E-state index in [1.165, 1.54) is 20.8 Å². The molecule has 2 heterocycles. The van der Waals surface area contributed by atoms with Crippen LogP contribution in [0.15, 0.2) is 0 Å². The summed E-state index contributed by atoms with van der Waals surface area (Å²) in [6, 6.07) is 0. The van der Waals surface area contributed by atoms with Crippen LogP contribution in [0.2, 0.25) is 0 Å². The first-order valence-electron chi connectivity index (χ1n) is 12.3. The van der Waals surface area contributed by atoms with E-state index in [4.69, 9.17) is 18.5 Å². The predicted octanol–water partition coefficient (Wildman–Crippen LogP) is 5.50. The third-order valence-electron chi connectivity index (χ3n) is 5.72. The third-order valence-corrected chi connectivity index (χ3v) is 6.99. The van der Waals surface area contributed by atoms with Crippen LogP contribution in [0, 0.1) is 46.3 Å². The number of aromatic amines is 1. The fraction of sp³-hybridized carbons (Fsp3) is 0.391. The van der Waals surface area contributed by atoms with Gasteiger partial charge in [-0.25, -0.2) is 22.2 Å². The number of carbonyl (C=O) groups excluding carboxylic acids is 1. The lowest BCUT2D eigenvalue weighted by Gasteiger charge is -2.17. The van der Waals surface area contributed by atoms with E-state index < -0.39 is 57.7 Å². The Morgan fingerprint density at radius 2 is 1.79 bits per heavy atom. The summed E-state index contributed by atoms with van der Waals surface area (Å²) >= 11 is 6.06. The number of benzene rings is 1. The molecule has 0 bridgehead atoms. The summed E-state index contributed by atoms with van der Waals surface area (Å²) < 4.78 is 95.8. The molecule has 0 radical (unpaired) electrons. The van der Waals surface area contributed by atoms with Gasteiger partial charge >= 0.3 is 0 Å². The van der Waals surface area contributed by atoms with E-state index in [9.17, 15) is 13.2 Å². The second kappa shape index (κ2) is 9.02. The molecule has 0 spiro atoms. The van der Waals surface area contributed by atoms with Gasteiger partial charge in [0, 0.05) is 29.5 Å². The standard InChI is InChI=1S/C23H26ClF2N3O3S/c1-7-8-33(31,32)29-21-11(3)10(2)19(25)18(20(21)26)22(30)17-14(6)28-23-16(17)12(4)15(9-24)13(5)27-23/h29H,7-9H2,1-6H3,(H,27,28)/i1D3,8D2. The molecule has 3 aromatic rings. The molecule has 6 nitrogen and oxygen atoms in total. The zero-order valence-corrected chi connectivity index (χ0v) is 20.2. The highest BCUT2D eigenvalue weighted by Gasteiger charge is 2.31. The molecule has 0 aliphatic carbocycles. The van der Waals surface area contributed by atoms with Gasteiger partial charge in [-0.15, -0.1) is 11.6 Å². The Balaban J connectivity index is 2.26. The zero-order valence-electron chi connectivity index (χ0n) is 23.6. The number of aromatic nitrogens is 2. The zero-order chi connectivity index (χ0) is 29.1. The number of fused-ring (bicyclic) bond motifs is 1. The van der Waals surface area contributed by atoms with E-state index in [1.807, 2.05) is 0 Å². The van der Waals surface area contributed by atoms with Gasteiger partial charge in [0.1, 0.15) is 11.5 Å². The van der Waals surface area contributed by atoms with E-state index >= 15 is 8.78 Å². The summed E-state index contributed by atoms with van der Waals surface area (Å²) in [5.74, 6) is -3.79. The Morgan fingerprint density at radius 1 is 1.12 bits per heavy atom. The molecule has 0 saturated heterocycles. The Morgan fingerprint density at radius 3 is 2.39 bits per heavy atom. The predicted molar refractivity (Wildman–Crippen MR) is 127 cm³/mol. The molecule has 1 aromatic carbocycles. The topological polar surface area (TPSA) is 91.9 Å². The number of rotatable bonds is 7. The van der Waals surface area contributed by atoms with E-state index in [0.717, 1.165) is 0 Å². The number of hydrogen-bond donors (Lipinski definition) is 2. The molecule has 33 heavy (non-hydrogen) atoms. The molecule has 0 aliphatic rings. The van der Waals surface area contributed by atoms with Crippen LogP contribution in [0.25, 0.3) is 11.0 Å². The van der Waals surface area contributed by atoms with Gasteiger partial charge in [-0.05, 0) is 63.3 Å². The lowest BCUT2D eigenvalue weighted by molar-refractivity contribution is 0.103. The third kappa shape index (κ3) is 4.24. The van der Waals surface area contributed by atoms with Crippen LogP contribution in [0.4, 0.5) is 14.5 Å². The van der Waals surface area contributed by atoms with Crippen LogP contribution in [-0.4, -0.2) is 29.9 Å². The van der Waals surface area contributed by atoms with Crippen LogP contribution >= 0.6 is 11.6 Å². The van der Waals surface area contributed by atoms with Crippen molar-refractivity contribution in [1.29, 1.82) is 0 Å². The van der Waals surface area contributed by atoms with Crippen molar-refractivity contribution in [2.24, 2.45) is 0 Å². The van der Waals surface area contributed by atoms with Crippen molar-refractivity contribution >= 4 is 44.1 Å². The molecule has 2 N–H and O–H groups in total. The summed E-state index contributed by atoms with van der Waals surface area (Å²) in [5, 5.41) is 0.307. The van der Waals surface area contributed by atoms with Crippen molar-refractivity contribution in [2.45, 2.75) is 53.8 Å². The summed E-state index contributed by atoms with van der Waals surface area (Å²) in [7, 11) is -5.16. The van der Waals surface area contributed by atoms with Gasteiger partial charge in [0.2, 0.25) is 15.8 Å². The maximum absolute atomic E-state index is 15.8. The van der Waals surface area contributed by atoms with Gasteiger partial charge in [0.15, 0.2) is 5.82 Å². The smallest absolute Gasteiger partial charge is 0.232 e. The van der Waals surface area contributed by atoms with Crippen molar-refractivity contribution in [3.05, 3.63) is 56.4 Å². The van der Waals surface area contributed by atoms with Crippen molar-refractivity contribution < 1.29 is 28.8 Å². The largest absolute Gasteiger partial charge is 0.343 e. The summed E-state index contributed by atoms with van der Waals surface area (Å²) in [4.78, 5) is 21.0. The van der Waals surface area contributed by atoms with Crippen molar-refractivity contribution in [3.63, 3.8) is 0 Å². The van der Waals surface area contributed by atoms with Crippen molar-refractivity contribution in [2.75, 3.05) is 10.4 Å². The quantitative estimate of drug-likeness (QED) is 0.329. The normalized spacial score (nSPS) is 15.0. The fourth-order valence-corrected chi connectivity index (χ4v) is 5.00. The number of alkyl halides is 1. The molecular formula is C23H26ClF2N3O3S.